The molecule has 23 heteroatoms. The van der Waals surface area contributed by atoms with Crippen molar-refractivity contribution in [1.29, 1.82) is 0 Å². The smallest absolute Gasteiger partial charge is 0.336 e. The fourth-order valence-corrected chi connectivity index (χ4v) is 8.13. The largest absolute Gasteiger partial charge is 0.478 e. The number of benzene rings is 3. The van der Waals surface area contributed by atoms with E-state index in [2.05, 4.69) is 5.32 Å². The molecule has 1 heterocycles. The summed E-state index contributed by atoms with van der Waals surface area (Å²) in [5.74, 6) is -5.23. The minimum Gasteiger partial charge on any atom is -0.478 e. The van der Waals surface area contributed by atoms with Crippen LogP contribution in [0.15, 0.2) is 59.0 Å². The number of rotatable bonds is 20. The number of carboxylic acid groups (broad SMARTS) is 2. The number of fused-ring (bicyclic) bond motifs is 2. The van der Waals surface area contributed by atoms with Gasteiger partial charge in [0.25, 0.3) is 40.5 Å². The first kappa shape index (κ1) is 44.4. The topological polar surface area (TPSA) is 320 Å². The predicted molar refractivity (Wildman–Crippen MR) is 202 cm³/mol. The van der Waals surface area contributed by atoms with Crippen molar-refractivity contribution in [3.05, 3.63) is 76.6 Å². The van der Waals surface area contributed by atoms with E-state index in [-0.39, 0.29) is 89.9 Å². The van der Waals surface area contributed by atoms with Crippen molar-refractivity contribution in [2.24, 2.45) is 0 Å². The maximum Gasteiger partial charge on any atom is 0.336 e. The van der Waals surface area contributed by atoms with E-state index in [0.717, 1.165) is 12.1 Å². The SMILES string of the molecule is O=C(O)c1ccc(C(=O)O)c(-c2c3ccc(=[N+](CCCS(=O)(=O)O)CCCS(=O)(=O)O)cc-3oc3cc(C(CCS(=O)(=O)O)NCCCS(=O)(=O)O)ccc23)c1. The third-order valence-corrected chi connectivity index (χ3v) is 11.7. The summed E-state index contributed by atoms with van der Waals surface area (Å²) in [7, 11) is -17.5. The highest BCUT2D eigenvalue weighted by molar-refractivity contribution is 7.86. The van der Waals surface area contributed by atoms with Crippen molar-refractivity contribution in [2.75, 3.05) is 42.6 Å². The van der Waals surface area contributed by atoms with E-state index in [1.54, 1.807) is 16.7 Å². The van der Waals surface area contributed by atoms with E-state index in [1.807, 2.05) is 0 Å². The van der Waals surface area contributed by atoms with Gasteiger partial charge in [-0.3, -0.25) is 18.2 Å². The van der Waals surface area contributed by atoms with Crippen LogP contribution in [0.1, 0.15) is 58.0 Å². The zero-order chi connectivity index (χ0) is 41.6. The van der Waals surface area contributed by atoms with Crippen molar-refractivity contribution in [1.82, 2.24) is 9.89 Å². The lowest BCUT2D eigenvalue weighted by atomic mass is 9.89. The maximum atomic E-state index is 12.5. The lowest BCUT2D eigenvalue weighted by molar-refractivity contribution is 0.0682. The van der Waals surface area contributed by atoms with Crippen LogP contribution in [0.25, 0.3) is 33.4 Å². The number of carboxylic acids is 2. The van der Waals surface area contributed by atoms with Gasteiger partial charge < -0.3 is 19.9 Å². The van der Waals surface area contributed by atoms with Crippen LogP contribution in [0.4, 0.5) is 0 Å². The molecule has 1 unspecified atom stereocenters. The van der Waals surface area contributed by atoms with E-state index < -0.39 is 81.5 Å². The van der Waals surface area contributed by atoms with E-state index >= 15 is 0 Å². The Balaban J connectivity index is 2.02. The highest BCUT2D eigenvalue weighted by atomic mass is 32.2. The van der Waals surface area contributed by atoms with Crippen LogP contribution in [0.2, 0.25) is 0 Å². The molecule has 0 spiro atoms. The van der Waals surface area contributed by atoms with Gasteiger partial charge in [-0.25, -0.2) is 14.2 Å². The molecule has 1 atom stereocenters. The molecule has 2 aromatic carbocycles. The van der Waals surface area contributed by atoms with E-state index in [1.165, 1.54) is 30.3 Å². The summed E-state index contributed by atoms with van der Waals surface area (Å²) in [5, 5.41) is 23.6. The molecule has 19 nitrogen and oxygen atoms in total. The minimum atomic E-state index is -4.46. The summed E-state index contributed by atoms with van der Waals surface area (Å²) < 4.78 is 137. The molecule has 2 aromatic rings. The molecule has 0 aromatic heterocycles. The van der Waals surface area contributed by atoms with Crippen LogP contribution in [0.5, 0.6) is 0 Å². The molecule has 7 N–H and O–H groups in total. The molecule has 2 aliphatic rings. The van der Waals surface area contributed by atoms with Gasteiger partial charge in [-0.2, -0.15) is 33.7 Å². The Bertz CT molecular complexity index is 2580. The van der Waals surface area contributed by atoms with E-state index in [9.17, 15) is 67.1 Å². The van der Waals surface area contributed by atoms with Crippen molar-refractivity contribution >= 4 is 63.4 Å². The number of carbonyl (C=O) groups is 2. The Morgan fingerprint density at radius 3 is 1.80 bits per heavy atom. The maximum absolute atomic E-state index is 12.5. The van der Waals surface area contributed by atoms with Gasteiger partial charge in [-0.15, -0.1) is 0 Å². The van der Waals surface area contributed by atoms with Gasteiger partial charge in [0.05, 0.1) is 40.2 Å². The average Bonchev–Trinajstić information content (AvgIpc) is 3.06. The second kappa shape index (κ2) is 17.9. The Kier molecular flexibility index (Phi) is 14.2. The van der Waals surface area contributed by atoms with Crippen molar-refractivity contribution in [3.63, 3.8) is 0 Å². The molecular weight excluding hydrogens is 825 g/mol. The Labute approximate surface area is 321 Å². The summed E-state index contributed by atoms with van der Waals surface area (Å²) in [6, 6.07) is 11.7. The summed E-state index contributed by atoms with van der Waals surface area (Å²) in [4.78, 5) is 24.5. The van der Waals surface area contributed by atoms with Gasteiger partial charge in [-0.1, -0.05) is 12.1 Å². The van der Waals surface area contributed by atoms with Crippen LogP contribution in [0, 0.1) is 0 Å². The Morgan fingerprint density at radius 1 is 0.661 bits per heavy atom. The van der Waals surface area contributed by atoms with Crippen molar-refractivity contribution in [2.45, 2.75) is 31.7 Å². The molecule has 0 radical (unpaired) electrons. The summed E-state index contributed by atoms with van der Waals surface area (Å²) in [6.07, 6.45) is -0.483. The molecule has 1 aliphatic carbocycles. The molecule has 4 rings (SSSR count). The van der Waals surface area contributed by atoms with E-state index in [0.29, 0.717) is 10.9 Å². The first-order valence-corrected chi connectivity index (χ1v) is 23.1. The summed E-state index contributed by atoms with van der Waals surface area (Å²) in [6.45, 7) is -0.0693. The molecule has 0 fully saturated rings. The predicted octanol–water partition coefficient (Wildman–Crippen LogP) is 2.12. The monoisotopic (exact) mass is 863 g/mol. The van der Waals surface area contributed by atoms with Gasteiger partial charge in [0.15, 0.2) is 0 Å². The number of hydrogen-bond donors (Lipinski definition) is 7. The zero-order valence-electron chi connectivity index (χ0n) is 29.3. The molecule has 0 bridgehead atoms. The highest BCUT2D eigenvalue weighted by Gasteiger charge is 2.25. The van der Waals surface area contributed by atoms with Crippen LogP contribution >= 0.6 is 0 Å². The quantitative estimate of drug-likeness (QED) is 0.0289. The fourth-order valence-electron chi connectivity index (χ4n) is 6.10. The Hall–Kier alpha value is -4.33. The molecule has 306 valence electrons. The van der Waals surface area contributed by atoms with Gasteiger partial charge in [0, 0.05) is 41.5 Å². The second-order valence-corrected chi connectivity index (χ2v) is 19.1. The van der Waals surface area contributed by atoms with Gasteiger partial charge in [0.1, 0.15) is 24.4 Å². The highest BCUT2D eigenvalue weighted by Crippen LogP contribution is 2.42. The molecule has 0 saturated carbocycles. The van der Waals surface area contributed by atoms with Crippen molar-refractivity contribution in [3.8, 4) is 22.5 Å². The van der Waals surface area contributed by atoms with Crippen LogP contribution < -0.4 is 15.2 Å². The lowest BCUT2D eigenvalue weighted by Gasteiger charge is -2.21. The third kappa shape index (κ3) is 13.1. The van der Waals surface area contributed by atoms with E-state index in [4.69, 9.17) is 8.97 Å². The second-order valence-electron chi connectivity index (χ2n) is 12.8. The average molecular weight is 864 g/mol. The molecule has 0 amide bonds. The van der Waals surface area contributed by atoms with Crippen LogP contribution in [0.3, 0.4) is 0 Å². The number of aromatic carboxylic acids is 2. The molecule has 1 aliphatic heterocycles. The molecule has 0 saturated heterocycles. The lowest BCUT2D eigenvalue weighted by Crippen LogP contribution is -2.33. The number of nitrogens with one attached hydrogen (secondary N) is 1. The van der Waals surface area contributed by atoms with Crippen LogP contribution in [-0.4, -0.2) is 117 Å². The standard InChI is InChI=1S/C33H38N2O17S4/c36-32(37)22-5-7-24(33(38)39)27(18-22)31-25-8-4-21(28(10-17-56(49,50)51)34-11-1-14-53(40,41)42)19-29(25)52-30-20-23(6-9-26(30)31)35(12-2-15-54(43,44)45)13-3-16-55(46,47)48/h4-9,18-20,28,34H,1-3,10-17H2,(H5-,36,37,38,39,40,41,42,43,44,45,46,47,48,49,50,51)/p+1. The minimum absolute atomic E-state index is 0.0203. The zero-order valence-corrected chi connectivity index (χ0v) is 32.6. The normalized spacial score (nSPS) is 13.2. The number of hydrogen-bond acceptors (Lipinski definition) is 12. The summed E-state index contributed by atoms with van der Waals surface area (Å²) >= 11 is 0. The Morgan fingerprint density at radius 2 is 1.25 bits per heavy atom. The third-order valence-electron chi connectivity index (χ3n) is 8.56. The van der Waals surface area contributed by atoms with Gasteiger partial charge in [-0.05, 0) is 60.8 Å². The van der Waals surface area contributed by atoms with Crippen LogP contribution in [-0.2, 0) is 40.5 Å². The van der Waals surface area contributed by atoms with Gasteiger partial charge in [0.2, 0.25) is 5.36 Å². The van der Waals surface area contributed by atoms with Crippen molar-refractivity contribution < 1.29 is 76.1 Å². The fraction of sp³-hybridized carbons (Fsp3) is 0.364. The number of nitrogens with zero attached hydrogens (tertiary/aromatic N) is 1. The first-order valence-electron chi connectivity index (χ1n) is 16.6. The molecular formula is C33H39N2O17S4+. The summed E-state index contributed by atoms with van der Waals surface area (Å²) in [5.41, 5.74) is 0.381. The molecule has 56 heavy (non-hydrogen) atoms. The first-order chi connectivity index (χ1) is 25.9. The van der Waals surface area contributed by atoms with Gasteiger partial charge >= 0.3 is 11.9 Å².